The Morgan fingerprint density at radius 1 is 1.41 bits per heavy atom. The summed E-state index contributed by atoms with van der Waals surface area (Å²) >= 11 is 6.02. The first kappa shape index (κ1) is 12.1. The quantitative estimate of drug-likeness (QED) is 0.906. The number of benzene rings is 1. The highest BCUT2D eigenvalue weighted by Crippen LogP contribution is 2.19. The van der Waals surface area contributed by atoms with Gasteiger partial charge in [-0.2, -0.15) is 5.10 Å². The average Bonchev–Trinajstić information content (AvgIpc) is 2.80. The fourth-order valence-electron chi connectivity index (χ4n) is 1.57. The Balaban J connectivity index is 2.31. The van der Waals surface area contributed by atoms with Gasteiger partial charge in [0.25, 0.3) is 0 Å². The molecule has 0 fully saturated rings. The fraction of sp³-hybridized carbons (Fsp3) is 0.333. The van der Waals surface area contributed by atoms with E-state index in [-0.39, 0.29) is 0 Å². The third kappa shape index (κ3) is 3.05. The standard InChI is InChI=1S/C12H15ClN4/c1-9(2)15-6-10-5-11(13)3-4-12(10)17-8-14-7-16-17/h3-5,7-9,15H,6H2,1-2H3. The summed E-state index contributed by atoms with van der Waals surface area (Å²) in [6.07, 6.45) is 3.20. The second-order valence-electron chi connectivity index (χ2n) is 4.15. The summed E-state index contributed by atoms with van der Waals surface area (Å²) in [6, 6.07) is 6.19. The second-order valence-corrected chi connectivity index (χ2v) is 4.59. The first-order valence-corrected chi connectivity index (χ1v) is 5.91. The van der Waals surface area contributed by atoms with E-state index in [0.717, 1.165) is 22.8 Å². The molecule has 0 aliphatic carbocycles. The van der Waals surface area contributed by atoms with Crippen molar-refractivity contribution in [3.63, 3.8) is 0 Å². The van der Waals surface area contributed by atoms with Crippen molar-refractivity contribution in [3.8, 4) is 5.69 Å². The third-order valence-electron chi connectivity index (χ3n) is 2.41. The smallest absolute Gasteiger partial charge is 0.138 e. The van der Waals surface area contributed by atoms with Gasteiger partial charge < -0.3 is 5.32 Å². The molecule has 90 valence electrons. The molecular weight excluding hydrogens is 236 g/mol. The van der Waals surface area contributed by atoms with Gasteiger partial charge in [-0.15, -0.1) is 0 Å². The van der Waals surface area contributed by atoms with E-state index in [1.54, 1.807) is 11.0 Å². The predicted octanol–water partition coefficient (Wildman–Crippen LogP) is 2.42. The molecule has 1 N–H and O–H groups in total. The fourth-order valence-corrected chi connectivity index (χ4v) is 1.76. The molecule has 1 aromatic heterocycles. The van der Waals surface area contributed by atoms with Gasteiger partial charge in [0.2, 0.25) is 0 Å². The minimum Gasteiger partial charge on any atom is -0.310 e. The minimum absolute atomic E-state index is 0.428. The molecule has 0 saturated carbocycles. The van der Waals surface area contributed by atoms with E-state index in [1.807, 2.05) is 18.2 Å². The molecule has 0 spiro atoms. The zero-order valence-corrected chi connectivity index (χ0v) is 10.6. The molecule has 0 aliphatic rings. The zero-order chi connectivity index (χ0) is 12.3. The van der Waals surface area contributed by atoms with Crippen molar-refractivity contribution >= 4 is 11.6 Å². The van der Waals surface area contributed by atoms with Crippen LogP contribution >= 0.6 is 11.6 Å². The van der Waals surface area contributed by atoms with E-state index < -0.39 is 0 Å². The molecule has 17 heavy (non-hydrogen) atoms. The van der Waals surface area contributed by atoms with Crippen LogP contribution in [0.5, 0.6) is 0 Å². The number of halogens is 1. The molecule has 0 unspecified atom stereocenters. The Morgan fingerprint density at radius 3 is 2.88 bits per heavy atom. The lowest BCUT2D eigenvalue weighted by Crippen LogP contribution is -2.22. The molecule has 1 aromatic carbocycles. The number of nitrogens with zero attached hydrogens (tertiary/aromatic N) is 3. The highest BCUT2D eigenvalue weighted by molar-refractivity contribution is 6.30. The predicted molar refractivity (Wildman–Crippen MR) is 68.3 cm³/mol. The molecule has 0 radical (unpaired) electrons. The molecule has 4 nitrogen and oxygen atoms in total. The minimum atomic E-state index is 0.428. The van der Waals surface area contributed by atoms with Crippen LogP contribution in [0.2, 0.25) is 5.02 Å². The molecule has 0 bridgehead atoms. The maximum atomic E-state index is 6.02. The SMILES string of the molecule is CC(C)NCc1cc(Cl)ccc1-n1cncn1. The normalized spacial score (nSPS) is 11.1. The van der Waals surface area contributed by atoms with Crippen molar-refractivity contribution < 1.29 is 0 Å². The third-order valence-corrected chi connectivity index (χ3v) is 2.64. The number of hydrogen-bond donors (Lipinski definition) is 1. The lowest BCUT2D eigenvalue weighted by atomic mass is 10.1. The zero-order valence-electron chi connectivity index (χ0n) is 9.89. The largest absolute Gasteiger partial charge is 0.310 e. The van der Waals surface area contributed by atoms with E-state index in [4.69, 9.17) is 11.6 Å². The van der Waals surface area contributed by atoms with E-state index in [1.165, 1.54) is 6.33 Å². The molecule has 0 atom stereocenters. The number of rotatable bonds is 4. The van der Waals surface area contributed by atoms with Crippen LogP contribution in [0, 0.1) is 0 Å². The summed E-state index contributed by atoms with van der Waals surface area (Å²) in [7, 11) is 0. The molecule has 2 rings (SSSR count). The van der Waals surface area contributed by atoms with Crippen LogP contribution in [-0.4, -0.2) is 20.8 Å². The summed E-state index contributed by atoms with van der Waals surface area (Å²) in [6.45, 7) is 4.98. The Bertz CT molecular complexity index is 479. The highest BCUT2D eigenvalue weighted by Gasteiger charge is 2.06. The lowest BCUT2D eigenvalue weighted by molar-refractivity contribution is 0.586. The van der Waals surface area contributed by atoms with Crippen molar-refractivity contribution in [2.24, 2.45) is 0 Å². The van der Waals surface area contributed by atoms with E-state index in [0.29, 0.717) is 6.04 Å². The maximum absolute atomic E-state index is 6.02. The Hall–Kier alpha value is -1.39. The molecular formula is C12H15ClN4. The average molecular weight is 251 g/mol. The van der Waals surface area contributed by atoms with Crippen LogP contribution in [0.1, 0.15) is 19.4 Å². The number of aromatic nitrogens is 3. The van der Waals surface area contributed by atoms with Gasteiger partial charge in [0.15, 0.2) is 0 Å². The highest BCUT2D eigenvalue weighted by atomic mass is 35.5. The van der Waals surface area contributed by atoms with Crippen LogP contribution in [0.25, 0.3) is 5.69 Å². The van der Waals surface area contributed by atoms with Crippen molar-refractivity contribution in [3.05, 3.63) is 41.4 Å². The summed E-state index contributed by atoms with van der Waals surface area (Å²) in [5.74, 6) is 0. The monoisotopic (exact) mass is 250 g/mol. The van der Waals surface area contributed by atoms with Crippen LogP contribution in [0.4, 0.5) is 0 Å². The van der Waals surface area contributed by atoms with Crippen LogP contribution < -0.4 is 5.32 Å². The molecule has 0 amide bonds. The summed E-state index contributed by atoms with van der Waals surface area (Å²) in [5.41, 5.74) is 2.11. The van der Waals surface area contributed by atoms with E-state index in [9.17, 15) is 0 Å². The Morgan fingerprint density at radius 2 is 2.24 bits per heavy atom. The van der Waals surface area contributed by atoms with Gasteiger partial charge in [0.05, 0.1) is 5.69 Å². The maximum Gasteiger partial charge on any atom is 0.138 e. The summed E-state index contributed by atoms with van der Waals surface area (Å²) in [5, 5.41) is 8.24. The van der Waals surface area contributed by atoms with Crippen LogP contribution in [0.15, 0.2) is 30.9 Å². The molecule has 1 heterocycles. The second kappa shape index (κ2) is 5.29. The Labute approximate surface area is 106 Å². The van der Waals surface area contributed by atoms with E-state index in [2.05, 4.69) is 29.2 Å². The van der Waals surface area contributed by atoms with Crippen molar-refractivity contribution in [1.82, 2.24) is 20.1 Å². The van der Waals surface area contributed by atoms with Gasteiger partial charge in [-0.1, -0.05) is 25.4 Å². The van der Waals surface area contributed by atoms with Gasteiger partial charge in [0.1, 0.15) is 12.7 Å². The summed E-state index contributed by atoms with van der Waals surface area (Å²) in [4.78, 5) is 3.96. The van der Waals surface area contributed by atoms with Gasteiger partial charge in [-0.3, -0.25) is 0 Å². The first-order valence-electron chi connectivity index (χ1n) is 5.53. The van der Waals surface area contributed by atoms with Gasteiger partial charge in [-0.25, -0.2) is 9.67 Å². The van der Waals surface area contributed by atoms with Crippen LogP contribution in [0.3, 0.4) is 0 Å². The van der Waals surface area contributed by atoms with Crippen molar-refractivity contribution in [2.75, 3.05) is 0 Å². The van der Waals surface area contributed by atoms with Gasteiger partial charge >= 0.3 is 0 Å². The van der Waals surface area contributed by atoms with Crippen molar-refractivity contribution in [2.45, 2.75) is 26.4 Å². The lowest BCUT2D eigenvalue weighted by Gasteiger charge is -2.12. The summed E-state index contributed by atoms with van der Waals surface area (Å²) < 4.78 is 1.74. The molecule has 0 aliphatic heterocycles. The Kier molecular flexibility index (Phi) is 3.76. The van der Waals surface area contributed by atoms with Gasteiger partial charge in [0, 0.05) is 17.6 Å². The van der Waals surface area contributed by atoms with Crippen molar-refractivity contribution in [1.29, 1.82) is 0 Å². The molecule has 2 aromatic rings. The molecule has 5 heteroatoms. The van der Waals surface area contributed by atoms with E-state index >= 15 is 0 Å². The molecule has 0 saturated heterocycles. The number of nitrogens with one attached hydrogen (secondary N) is 1. The van der Waals surface area contributed by atoms with Gasteiger partial charge in [-0.05, 0) is 23.8 Å². The topological polar surface area (TPSA) is 42.7 Å². The van der Waals surface area contributed by atoms with Crippen LogP contribution in [-0.2, 0) is 6.54 Å². The number of hydrogen-bond acceptors (Lipinski definition) is 3. The first-order chi connectivity index (χ1) is 8.16.